The third kappa shape index (κ3) is 4.77. The van der Waals surface area contributed by atoms with Crippen LogP contribution in [0.25, 0.3) is 0 Å². The van der Waals surface area contributed by atoms with Gasteiger partial charge in [0.25, 0.3) is 6.20 Å². The van der Waals surface area contributed by atoms with Crippen LogP contribution in [0, 0.1) is 0 Å². The number of ether oxygens (including phenoxy) is 1. The quantitative estimate of drug-likeness (QED) is 0.416. The summed E-state index contributed by atoms with van der Waals surface area (Å²) in [4.78, 5) is 21.7. The maximum atomic E-state index is 11.0. The lowest BCUT2D eigenvalue weighted by molar-refractivity contribution is -0.762. The molecule has 0 spiro atoms. The van der Waals surface area contributed by atoms with E-state index in [9.17, 15) is 9.59 Å². The van der Waals surface area contributed by atoms with E-state index in [0.29, 0.717) is 19.6 Å². The van der Waals surface area contributed by atoms with Crippen LogP contribution in [0.1, 0.15) is 32.6 Å². The smallest absolute Gasteiger partial charge is 0.426 e. The molecule has 0 bridgehead atoms. The third-order valence-corrected chi connectivity index (χ3v) is 2.11. The number of rotatable bonds is 7. The highest BCUT2D eigenvalue weighted by molar-refractivity contribution is 5.69. The highest BCUT2D eigenvalue weighted by Gasteiger charge is 2.05. The Bertz CT molecular complexity index is 369. The molecule has 1 aromatic heterocycles. The predicted molar refractivity (Wildman–Crippen MR) is 54.6 cm³/mol. The van der Waals surface area contributed by atoms with Gasteiger partial charge < -0.3 is 4.74 Å². The largest absolute Gasteiger partial charge is 0.466 e. The van der Waals surface area contributed by atoms with E-state index in [4.69, 9.17) is 4.74 Å². The molecule has 1 rings (SSSR count). The van der Waals surface area contributed by atoms with Crippen LogP contribution in [0.5, 0.6) is 0 Å². The van der Waals surface area contributed by atoms with Crippen LogP contribution in [-0.2, 0) is 16.1 Å². The lowest BCUT2D eigenvalue weighted by Crippen LogP contribution is -2.35. The van der Waals surface area contributed by atoms with Crippen LogP contribution in [0.3, 0.4) is 0 Å². The number of hydrogen-bond donors (Lipinski definition) is 1. The maximum Gasteiger partial charge on any atom is 0.426 e. The molecule has 0 amide bonds. The minimum Gasteiger partial charge on any atom is -0.466 e. The van der Waals surface area contributed by atoms with Crippen molar-refractivity contribution < 1.29 is 18.7 Å². The first-order valence-electron chi connectivity index (χ1n) is 5.46. The van der Waals surface area contributed by atoms with Crippen molar-refractivity contribution >= 4 is 5.97 Å². The van der Waals surface area contributed by atoms with Gasteiger partial charge >= 0.3 is 11.6 Å². The topological polar surface area (TPSA) is 76.2 Å². The molecule has 0 aromatic carbocycles. The molecule has 1 aromatic rings. The van der Waals surface area contributed by atoms with Crippen LogP contribution in [0.4, 0.5) is 0 Å². The average Bonchev–Trinajstić information content (AvgIpc) is 2.64. The van der Waals surface area contributed by atoms with Gasteiger partial charge in [0, 0.05) is 12.8 Å². The van der Waals surface area contributed by atoms with Crippen molar-refractivity contribution in [2.45, 2.75) is 39.2 Å². The van der Waals surface area contributed by atoms with E-state index in [1.807, 2.05) is 0 Å². The van der Waals surface area contributed by atoms with Gasteiger partial charge in [0.1, 0.15) is 0 Å². The maximum absolute atomic E-state index is 11.0. The molecule has 0 atom stereocenters. The number of nitrogens with zero attached hydrogens (tertiary/aromatic N) is 1. The number of unbranched alkanes of at least 4 members (excludes halogenated alkanes) is 2. The number of carbonyl (C=O) groups excluding carboxylic acids is 1. The Balaban J connectivity index is 2.04. The Labute approximate surface area is 93.2 Å². The minimum absolute atomic E-state index is 0.146. The van der Waals surface area contributed by atoms with Gasteiger partial charge in [-0.1, -0.05) is 4.68 Å². The van der Waals surface area contributed by atoms with Crippen LogP contribution in [-0.4, -0.2) is 17.8 Å². The van der Waals surface area contributed by atoms with Gasteiger partial charge in [-0.15, -0.1) is 0 Å². The van der Waals surface area contributed by atoms with Gasteiger partial charge in [-0.25, -0.2) is 4.79 Å². The van der Waals surface area contributed by atoms with E-state index in [-0.39, 0.29) is 11.6 Å². The van der Waals surface area contributed by atoms with E-state index in [2.05, 4.69) is 9.79 Å². The zero-order valence-electron chi connectivity index (χ0n) is 9.40. The second-order valence-corrected chi connectivity index (χ2v) is 3.45. The second kappa shape index (κ2) is 6.81. The summed E-state index contributed by atoms with van der Waals surface area (Å²) in [5, 5.41) is 2.46. The second-order valence-electron chi connectivity index (χ2n) is 3.45. The van der Waals surface area contributed by atoms with Crippen molar-refractivity contribution in [3.05, 3.63) is 16.6 Å². The Hall–Kier alpha value is -1.59. The fourth-order valence-electron chi connectivity index (χ4n) is 1.36. The number of nitrogens with one attached hydrogen (secondary N) is 1. The van der Waals surface area contributed by atoms with Gasteiger partial charge in [-0.05, 0) is 25.0 Å². The molecule has 0 aliphatic heterocycles. The van der Waals surface area contributed by atoms with Crippen molar-refractivity contribution in [3.63, 3.8) is 0 Å². The molecule has 0 saturated heterocycles. The van der Waals surface area contributed by atoms with Crippen molar-refractivity contribution in [2.24, 2.45) is 0 Å². The Kier molecular flexibility index (Phi) is 5.31. The average molecular weight is 229 g/mol. The van der Waals surface area contributed by atoms with Gasteiger partial charge in [0.05, 0.1) is 6.61 Å². The molecule has 0 unspecified atom stereocenters. The van der Waals surface area contributed by atoms with Gasteiger partial charge in [0.2, 0.25) is 0 Å². The Morgan fingerprint density at radius 3 is 2.94 bits per heavy atom. The number of H-pyrrole nitrogens is 1. The number of aromatic nitrogens is 2. The van der Waals surface area contributed by atoms with Crippen LogP contribution < -0.4 is 10.3 Å². The molecule has 0 saturated carbocycles. The number of esters is 1. The summed E-state index contributed by atoms with van der Waals surface area (Å²) < 4.78 is 10.9. The number of aryl methyl sites for hydroxylation is 1. The van der Waals surface area contributed by atoms with Crippen molar-refractivity contribution in [1.82, 2.24) is 5.27 Å². The first-order valence-corrected chi connectivity index (χ1v) is 5.46. The van der Waals surface area contributed by atoms with E-state index < -0.39 is 0 Å². The predicted octanol–water partition coefficient (Wildman–Crippen LogP) is 0.379. The van der Waals surface area contributed by atoms with Crippen LogP contribution in [0.2, 0.25) is 0 Å². The zero-order chi connectivity index (χ0) is 11.8. The molecule has 1 heterocycles. The van der Waals surface area contributed by atoms with E-state index in [1.54, 1.807) is 11.6 Å². The first-order chi connectivity index (χ1) is 7.72. The summed E-state index contributed by atoms with van der Waals surface area (Å²) in [5.41, 5.74) is -0.383. The summed E-state index contributed by atoms with van der Waals surface area (Å²) >= 11 is 0. The van der Waals surface area contributed by atoms with E-state index in [1.165, 1.54) is 6.20 Å². The number of carbonyl (C=O) groups is 1. The lowest BCUT2D eigenvalue weighted by Gasteiger charge is -1.99. The molecule has 16 heavy (non-hydrogen) atoms. The standard InChI is InChI=1S/C10H16N2O4/c1-2-15-9(13)6-4-3-5-7-12-8-10(14)16-11-12/h8H,2-7H2,1H3/p+1. The molecular formula is C10H17N2O4+. The van der Waals surface area contributed by atoms with Crippen molar-refractivity contribution in [1.29, 1.82) is 0 Å². The summed E-state index contributed by atoms with van der Waals surface area (Å²) in [5.74, 6) is -0.146. The molecule has 0 fully saturated rings. The molecule has 0 aliphatic carbocycles. The summed E-state index contributed by atoms with van der Waals surface area (Å²) in [6.45, 7) is 2.92. The fraction of sp³-hybridized carbons (Fsp3) is 0.700. The van der Waals surface area contributed by atoms with Gasteiger partial charge in [-0.3, -0.25) is 9.32 Å². The minimum atomic E-state index is -0.383. The summed E-state index contributed by atoms with van der Waals surface area (Å²) in [7, 11) is 0. The third-order valence-electron chi connectivity index (χ3n) is 2.11. The molecule has 0 radical (unpaired) electrons. The Morgan fingerprint density at radius 2 is 2.31 bits per heavy atom. The molecule has 6 nitrogen and oxygen atoms in total. The van der Waals surface area contributed by atoms with E-state index in [0.717, 1.165) is 19.3 Å². The number of aromatic amines is 1. The zero-order valence-corrected chi connectivity index (χ0v) is 9.40. The lowest BCUT2D eigenvalue weighted by atomic mass is 10.2. The van der Waals surface area contributed by atoms with Crippen LogP contribution >= 0.6 is 0 Å². The monoisotopic (exact) mass is 229 g/mol. The highest BCUT2D eigenvalue weighted by Crippen LogP contribution is 2.00. The van der Waals surface area contributed by atoms with Crippen LogP contribution in [0.15, 0.2) is 15.5 Å². The molecule has 0 aliphatic rings. The molecule has 6 heteroatoms. The summed E-state index contributed by atoms with van der Waals surface area (Å²) in [6.07, 6.45) is 4.44. The SMILES string of the molecule is CCOC(=O)CCCCC[n+]1cc(=O)o[nH]1. The normalized spacial score (nSPS) is 10.3. The fourth-order valence-corrected chi connectivity index (χ4v) is 1.36. The Morgan fingerprint density at radius 1 is 1.50 bits per heavy atom. The molecular weight excluding hydrogens is 212 g/mol. The highest BCUT2D eigenvalue weighted by atomic mass is 16.5. The van der Waals surface area contributed by atoms with Gasteiger partial charge in [-0.2, -0.15) is 0 Å². The summed E-state index contributed by atoms with van der Waals surface area (Å²) in [6, 6.07) is 0. The van der Waals surface area contributed by atoms with Crippen molar-refractivity contribution in [2.75, 3.05) is 6.61 Å². The van der Waals surface area contributed by atoms with E-state index >= 15 is 0 Å². The molecule has 1 N–H and O–H groups in total. The molecule has 90 valence electrons. The first kappa shape index (κ1) is 12.5. The number of hydrogen-bond acceptors (Lipinski definition) is 4. The van der Waals surface area contributed by atoms with Crippen molar-refractivity contribution in [3.8, 4) is 0 Å². The van der Waals surface area contributed by atoms with Gasteiger partial charge in [0.15, 0.2) is 6.54 Å².